The molecule has 2 rings (SSSR count). The van der Waals surface area contributed by atoms with Crippen LogP contribution in [0.5, 0.6) is 5.75 Å². The van der Waals surface area contributed by atoms with E-state index in [4.69, 9.17) is 9.47 Å². The topological polar surface area (TPSA) is 79.8 Å². The molecule has 0 saturated carbocycles. The van der Waals surface area contributed by atoms with Gasteiger partial charge in [-0.1, -0.05) is 13.8 Å². The Morgan fingerprint density at radius 1 is 1.38 bits per heavy atom. The quantitative estimate of drug-likeness (QED) is 0.671. The molecule has 24 heavy (non-hydrogen) atoms. The smallest absolute Gasteiger partial charge is 0.251 e. The van der Waals surface area contributed by atoms with Crippen molar-refractivity contribution in [1.29, 1.82) is 0 Å². The van der Waals surface area contributed by atoms with Crippen LogP contribution in [0, 0.1) is 5.92 Å². The third-order valence-corrected chi connectivity index (χ3v) is 4.13. The Labute approximate surface area is 143 Å². The molecule has 0 spiro atoms. The second-order valence-corrected chi connectivity index (χ2v) is 6.59. The predicted molar refractivity (Wildman–Crippen MR) is 92.1 cm³/mol. The molecule has 0 radical (unpaired) electrons. The van der Waals surface area contributed by atoms with Crippen LogP contribution in [0.4, 0.5) is 0 Å². The van der Waals surface area contributed by atoms with Crippen molar-refractivity contribution in [2.24, 2.45) is 5.92 Å². The minimum atomic E-state index is -0.762. The molecule has 1 saturated heterocycles. The number of ether oxygens (including phenoxy) is 2. The highest BCUT2D eigenvalue weighted by molar-refractivity contribution is 5.94. The number of aliphatic hydroxyl groups excluding tert-OH is 1. The van der Waals surface area contributed by atoms with Gasteiger partial charge >= 0.3 is 0 Å². The summed E-state index contributed by atoms with van der Waals surface area (Å²) in [6.45, 7) is 5.41. The summed E-state index contributed by atoms with van der Waals surface area (Å²) in [6, 6.07) is 6.98. The summed E-state index contributed by atoms with van der Waals surface area (Å²) in [7, 11) is 1.60. The Bertz CT molecular complexity index is 518. The van der Waals surface area contributed by atoms with E-state index in [9.17, 15) is 9.90 Å². The maximum absolute atomic E-state index is 12.4. The first kappa shape index (κ1) is 18.7. The van der Waals surface area contributed by atoms with Gasteiger partial charge in [0.05, 0.1) is 19.8 Å². The molecule has 0 bridgehead atoms. The van der Waals surface area contributed by atoms with Gasteiger partial charge in [-0.25, -0.2) is 0 Å². The van der Waals surface area contributed by atoms with E-state index in [1.54, 1.807) is 31.4 Å². The number of carbonyl (C=O) groups is 1. The summed E-state index contributed by atoms with van der Waals surface area (Å²) < 4.78 is 10.3. The van der Waals surface area contributed by atoms with Crippen molar-refractivity contribution in [1.82, 2.24) is 10.6 Å². The molecule has 0 aromatic heterocycles. The van der Waals surface area contributed by atoms with Crippen molar-refractivity contribution in [3.8, 4) is 5.75 Å². The van der Waals surface area contributed by atoms with E-state index in [0.29, 0.717) is 24.6 Å². The highest BCUT2D eigenvalue weighted by atomic mass is 16.6. The third kappa shape index (κ3) is 5.47. The molecule has 1 fully saturated rings. The molecule has 1 amide bonds. The minimum Gasteiger partial charge on any atom is -0.497 e. The van der Waals surface area contributed by atoms with Crippen LogP contribution in [0.25, 0.3) is 0 Å². The maximum atomic E-state index is 12.4. The molecule has 1 aromatic rings. The van der Waals surface area contributed by atoms with Gasteiger partial charge in [-0.15, -0.1) is 0 Å². The van der Waals surface area contributed by atoms with Crippen LogP contribution >= 0.6 is 0 Å². The molecule has 1 aliphatic rings. The van der Waals surface area contributed by atoms with Gasteiger partial charge in [0.15, 0.2) is 6.29 Å². The molecular formula is C18H28N2O4. The highest BCUT2D eigenvalue weighted by Crippen LogP contribution is 2.13. The van der Waals surface area contributed by atoms with E-state index in [1.807, 2.05) is 0 Å². The van der Waals surface area contributed by atoms with Gasteiger partial charge in [-0.3, -0.25) is 4.79 Å². The van der Waals surface area contributed by atoms with Crippen LogP contribution in [-0.4, -0.2) is 49.6 Å². The zero-order chi connectivity index (χ0) is 17.5. The summed E-state index contributed by atoms with van der Waals surface area (Å²) in [5.41, 5.74) is 0.605. The molecule has 3 N–H and O–H groups in total. The lowest BCUT2D eigenvalue weighted by Crippen LogP contribution is -2.47. The van der Waals surface area contributed by atoms with E-state index >= 15 is 0 Å². The zero-order valence-electron chi connectivity index (χ0n) is 14.6. The number of hydrogen-bond donors (Lipinski definition) is 3. The van der Waals surface area contributed by atoms with Crippen molar-refractivity contribution in [2.45, 2.75) is 45.1 Å². The predicted octanol–water partition coefficient (Wildman–Crippen LogP) is 1.54. The number of rotatable bonds is 8. The van der Waals surface area contributed by atoms with Gasteiger partial charge in [0, 0.05) is 18.2 Å². The number of methoxy groups -OCH3 is 1. The fourth-order valence-corrected chi connectivity index (χ4v) is 2.84. The normalized spacial score (nSPS) is 21.7. The monoisotopic (exact) mass is 336 g/mol. The van der Waals surface area contributed by atoms with Crippen molar-refractivity contribution in [3.63, 3.8) is 0 Å². The van der Waals surface area contributed by atoms with Gasteiger partial charge in [0.1, 0.15) is 5.75 Å². The minimum absolute atomic E-state index is 0.00704. The summed E-state index contributed by atoms with van der Waals surface area (Å²) in [4.78, 5) is 12.4. The lowest BCUT2D eigenvalue weighted by atomic mass is 10.0. The average Bonchev–Trinajstić information content (AvgIpc) is 2.97. The van der Waals surface area contributed by atoms with E-state index < -0.39 is 6.29 Å². The van der Waals surface area contributed by atoms with Gasteiger partial charge in [0.25, 0.3) is 5.91 Å². The molecule has 1 aromatic carbocycles. The van der Waals surface area contributed by atoms with Crippen LogP contribution in [0.15, 0.2) is 24.3 Å². The van der Waals surface area contributed by atoms with Gasteiger partial charge in [-0.05, 0) is 43.0 Å². The SMILES string of the molecule is COc1ccc(C(=O)N[C@@H](CN[C@H]2CCOC2O)CC(C)C)cc1. The largest absolute Gasteiger partial charge is 0.497 e. The number of aliphatic hydroxyl groups is 1. The maximum Gasteiger partial charge on any atom is 0.251 e. The van der Waals surface area contributed by atoms with E-state index in [2.05, 4.69) is 24.5 Å². The number of hydrogen-bond acceptors (Lipinski definition) is 5. The Kier molecular flexibility index (Phi) is 7.02. The molecule has 1 heterocycles. The van der Waals surface area contributed by atoms with Crippen molar-refractivity contribution < 1.29 is 19.4 Å². The van der Waals surface area contributed by atoms with Crippen LogP contribution < -0.4 is 15.4 Å². The molecule has 6 heteroatoms. The van der Waals surface area contributed by atoms with Crippen LogP contribution in [0.1, 0.15) is 37.0 Å². The standard InChI is InChI=1S/C18H28N2O4/c1-12(2)10-14(11-19-16-8-9-24-18(16)22)20-17(21)13-4-6-15(23-3)7-5-13/h4-7,12,14,16,18-19,22H,8-11H2,1-3H3,(H,20,21)/t14-,16+,18?/m1/s1. The summed E-state index contributed by atoms with van der Waals surface area (Å²) >= 11 is 0. The molecule has 1 aliphatic heterocycles. The number of benzene rings is 1. The average molecular weight is 336 g/mol. The second kappa shape index (κ2) is 9.01. The summed E-state index contributed by atoms with van der Waals surface area (Å²) in [5, 5.41) is 16.1. The molecule has 3 atom stereocenters. The number of nitrogens with one attached hydrogen (secondary N) is 2. The fraction of sp³-hybridized carbons (Fsp3) is 0.611. The lowest BCUT2D eigenvalue weighted by molar-refractivity contribution is -0.0718. The van der Waals surface area contributed by atoms with Crippen LogP contribution in [-0.2, 0) is 4.74 Å². The zero-order valence-corrected chi connectivity index (χ0v) is 14.6. The van der Waals surface area contributed by atoms with Crippen LogP contribution in [0.3, 0.4) is 0 Å². The Hall–Kier alpha value is -1.63. The number of amides is 1. The van der Waals surface area contributed by atoms with E-state index in [-0.39, 0.29) is 18.0 Å². The van der Waals surface area contributed by atoms with E-state index in [0.717, 1.165) is 18.6 Å². The first-order valence-corrected chi connectivity index (χ1v) is 8.47. The van der Waals surface area contributed by atoms with Crippen molar-refractivity contribution in [3.05, 3.63) is 29.8 Å². The third-order valence-electron chi connectivity index (χ3n) is 4.13. The first-order valence-electron chi connectivity index (χ1n) is 8.47. The van der Waals surface area contributed by atoms with Gasteiger partial charge < -0.3 is 25.2 Å². The fourth-order valence-electron chi connectivity index (χ4n) is 2.84. The lowest BCUT2D eigenvalue weighted by Gasteiger charge is -2.24. The molecule has 134 valence electrons. The van der Waals surface area contributed by atoms with E-state index in [1.165, 1.54) is 0 Å². The Morgan fingerprint density at radius 2 is 2.08 bits per heavy atom. The second-order valence-electron chi connectivity index (χ2n) is 6.59. The molecule has 6 nitrogen and oxygen atoms in total. The number of carbonyl (C=O) groups excluding carboxylic acids is 1. The van der Waals surface area contributed by atoms with Crippen molar-refractivity contribution in [2.75, 3.05) is 20.3 Å². The van der Waals surface area contributed by atoms with Gasteiger partial charge in [-0.2, -0.15) is 0 Å². The first-order chi connectivity index (χ1) is 11.5. The van der Waals surface area contributed by atoms with Gasteiger partial charge in [0.2, 0.25) is 0 Å². The summed E-state index contributed by atoms with van der Waals surface area (Å²) in [5.74, 6) is 1.08. The molecule has 0 aliphatic carbocycles. The Balaban J connectivity index is 1.92. The highest BCUT2D eigenvalue weighted by Gasteiger charge is 2.26. The Morgan fingerprint density at radius 3 is 2.62 bits per heavy atom. The van der Waals surface area contributed by atoms with Crippen molar-refractivity contribution >= 4 is 5.91 Å². The summed E-state index contributed by atoms with van der Waals surface area (Å²) in [6.07, 6.45) is 0.877. The molecule has 1 unspecified atom stereocenters. The molecular weight excluding hydrogens is 308 g/mol. The van der Waals surface area contributed by atoms with Crippen LogP contribution in [0.2, 0.25) is 0 Å².